The predicted octanol–water partition coefficient (Wildman–Crippen LogP) is 2.36. The first-order valence-electron chi connectivity index (χ1n) is 6.15. The molecule has 0 unspecified atom stereocenters. The quantitative estimate of drug-likeness (QED) is 0.760. The van der Waals surface area contributed by atoms with E-state index in [1.54, 1.807) is 0 Å². The Labute approximate surface area is 117 Å². The summed E-state index contributed by atoms with van der Waals surface area (Å²) >= 11 is 5.59. The molecule has 2 N–H and O–H groups in total. The van der Waals surface area contributed by atoms with Crippen LogP contribution in [0.15, 0.2) is 18.2 Å². The molecule has 0 bridgehead atoms. The Kier molecular flexibility index (Phi) is 4.65. The third kappa shape index (κ3) is 4.97. The molecule has 106 valence electrons. The molecule has 0 saturated heterocycles. The van der Waals surface area contributed by atoms with E-state index in [0.29, 0.717) is 19.0 Å². The van der Waals surface area contributed by atoms with Gasteiger partial charge in [0, 0.05) is 6.04 Å². The fourth-order valence-electron chi connectivity index (χ4n) is 1.65. The van der Waals surface area contributed by atoms with Crippen LogP contribution in [0, 0.1) is 5.82 Å². The maximum Gasteiger partial charge on any atom is 0.232 e. The Morgan fingerprint density at radius 2 is 2.11 bits per heavy atom. The molecular formula is C12H16ClFN2O2S. The average Bonchev–Trinajstić information content (AvgIpc) is 3.13. The highest BCUT2D eigenvalue weighted by atomic mass is 35.5. The molecule has 0 amide bonds. The number of hydrogen-bond donors (Lipinski definition) is 2. The first-order valence-corrected chi connectivity index (χ1v) is 8.18. The van der Waals surface area contributed by atoms with Crippen molar-refractivity contribution >= 4 is 27.3 Å². The molecule has 19 heavy (non-hydrogen) atoms. The topological polar surface area (TPSA) is 58.2 Å². The molecule has 1 aromatic rings. The Balaban J connectivity index is 1.82. The molecule has 1 fully saturated rings. The summed E-state index contributed by atoms with van der Waals surface area (Å²) in [5.41, 5.74) is 0.279. The summed E-state index contributed by atoms with van der Waals surface area (Å²) in [4.78, 5) is 0. The lowest BCUT2D eigenvalue weighted by molar-refractivity contribution is 0.593. The summed E-state index contributed by atoms with van der Waals surface area (Å²) in [6.45, 7) is 0.690. The van der Waals surface area contributed by atoms with Gasteiger partial charge in [0.05, 0.1) is 16.5 Å². The van der Waals surface area contributed by atoms with Gasteiger partial charge in [-0.05, 0) is 44.0 Å². The molecule has 0 radical (unpaired) electrons. The molecule has 1 aliphatic rings. The zero-order valence-corrected chi connectivity index (χ0v) is 11.9. The number of benzene rings is 1. The van der Waals surface area contributed by atoms with Gasteiger partial charge in [0.15, 0.2) is 0 Å². The van der Waals surface area contributed by atoms with Crippen LogP contribution in [0.3, 0.4) is 0 Å². The van der Waals surface area contributed by atoms with Gasteiger partial charge in [0.2, 0.25) is 10.0 Å². The van der Waals surface area contributed by atoms with E-state index in [9.17, 15) is 12.8 Å². The van der Waals surface area contributed by atoms with E-state index in [4.69, 9.17) is 11.6 Å². The second-order valence-electron chi connectivity index (χ2n) is 4.63. The number of nitrogens with one attached hydrogen (secondary N) is 2. The fourth-order valence-corrected chi connectivity index (χ4v) is 2.94. The monoisotopic (exact) mass is 306 g/mol. The molecule has 1 aliphatic carbocycles. The van der Waals surface area contributed by atoms with Crippen LogP contribution in [0.25, 0.3) is 0 Å². The second kappa shape index (κ2) is 6.07. The summed E-state index contributed by atoms with van der Waals surface area (Å²) in [7, 11) is -3.41. The average molecular weight is 307 g/mol. The van der Waals surface area contributed by atoms with Crippen LogP contribution in [0.4, 0.5) is 10.1 Å². The van der Waals surface area contributed by atoms with E-state index >= 15 is 0 Å². The van der Waals surface area contributed by atoms with Crippen molar-refractivity contribution in [1.82, 2.24) is 5.32 Å². The fraction of sp³-hybridized carbons (Fsp3) is 0.500. The molecular weight excluding hydrogens is 291 g/mol. The van der Waals surface area contributed by atoms with Gasteiger partial charge in [0.25, 0.3) is 0 Å². The van der Waals surface area contributed by atoms with E-state index in [2.05, 4.69) is 10.0 Å². The van der Waals surface area contributed by atoms with Gasteiger partial charge in [-0.1, -0.05) is 11.6 Å². The maximum atomic E-state index is 12.9. The highest BCUT2D eigenvalue weighted by Crippen LogP contribution is 2.20. The van der Waals surface area contributed by atoms with E-state index in [1.807, 2.05) is 0 Å². The Hall–Kier alpha value is -0.850. The van der Waals surface area contributed by atoms with E-state index in [-0.39, 0.29) is 16.5 Å². The molecule has 1 saturated carbocycles. The van der Waals surface area contributed by atoms with Crippen molar-refractivity contribution in [1.29, 1.82) is 0 Å². The molecule has 0 heterocycles. The smallest absolute Gasteiger partial charge is 0.232 e. The van der Waals surface area contributed by atoms with Gasteiger partial charge in [-0.15, -0.1) is 0 Å². The van der Waals surface area contributed by atoms with Crippen molar-refractivity contribution in [3.63, 3.8) is 0 Å². The summed E-state index contributed by atoms with van der Waals surface area (Å²) < 4.78 is 38.9. The van der Waals surface area contributed by atoms with Crippen LogP contribution in [-0.2, 0) is 10.0 Å². The number of rotatable bonds is 7. The Morgan fingerprint density at radius 3 is 2.74 bits per heavy atom. The number of hydrogen-bond acceptors (Lipinski definition) is 3. The van der Waals surface area contributed by atoms with Crippen LogP contribution in [0.2, 0.25) is 5.02 Å². The number of sulfonamides is 1. The van der Waals surface area contributed by atoms with Crippen molar-refractivity contribution in [2.75, 3.05) is 17.0 Å². The van der Waals surface area contributed by atoms with Crippen molar-refractivity contribution in [2.24, 2.45) is 0 Å². The molecule has 7 heteroatoms. The minimum absolute atomic E-state index is 0.0295. The van der Waals surface area contributed by atoms with E-state index < -0.39 is 15.8 Å². The Morgan fingerprint density at radius 1 is 1.37 bits per heavy atom. The first-order chi connectivity index (χ1) is 8.96. The van der Waals surface area contributed by atoms with Crippen LogP contribution in [0.1, 0.15) is 19.3 Å². The standard InChI is InChI=1S/C12H16ClFN2O2S/c13-11-8-10(4-5-12(11)14)16-19(17,18)7-1-6-15-9-2-3-9/h4-5,8-9,15-16H,1-3,6-7H2. The molecule has 0 aromatic heterocycles. The minimum Gasteiger partial charge on any atom is -0.314 e. The van der Waals surface area contributed by atoms with Crippen molar-refractivity contribution in [3.05, 3.63) is 29.0 Å². The lowest BCUT2D eigenvalue weighted by Crippen LogP contribution is -2.23. The van der Waals surface area contributed by atoms with Crippen molar-refractivity contribution < 1.29 is 12.8 Å². The SMILES string of the molecule is O=S(=O)(CCCNC1CC1)Nc1ccc(F)c(Cl)c1. The minimum atomic E-state index is -3.41. The first kappa shape index (κ1) is 14.6. The van der Waals surface area contributed by atoms with Gasteiger partial charge < -0.3 is 5.32 Å². The zero-order valence-electron chi connectivity index (χ0n) is 10.3. The van der Waals surface area contributed by atoms with Gasteiger partial charge in [-0.25, -0.2) is 12.8 Å². The molecule has 2 rings (SSSR count). The van der Waals surface area contributed by atoms with Gasteiger partial charge in [-0.3, -0.25) is 4.72 Å². The molecule has 1 aromatic carbocycles. The summed E-state index contributed by atoms with van der Waals surface area (Å²) in [6, 6.07) is 4.32. The molecule has 0 aliphatic heterocycles. The number of anilines is 1. The highest BCUT2D eigenvalue weighted by Gasteiger charge is 2.20. The summed E-state index contributed by atoms with van der Waals surface area (Å²) in [5, 5.41) is 3.15. The third-order valence-electron chi connectivity index (χ3n) is 2.79. The van der Waals surface area contributed by atoms with Crippen LogP contribution in [-0.4, -0.2) is 26.8 Å². The molecule has 4 nitrogen and oxygen atoms in total. The van der Waals surface area contributed by atoms with Crippen LogP contribution in [0.5, 0.6) is 0 Å². The predicted molar refractivity (Wildman–Crippen MR) is 74.5 cm³/mol. The summed E-state index contributed by atoms with van der Waals surface area (Å²) in [5.74, 6) is -0.542. The lowest BCUT2D eigenvalue weighted by atomic mass is 10.3. The second-order valence-corrected chi connectivity index (χ2v) is 6.88. The van der Waals surface area contributed by atoms with E-state index in [0.717, 1.165) is 6.07 Å². The van der Waals surface area contributed by atoms with Gasteiger partial charge >= 0.3 is 0 Å². The lowest BCUT2D eigenvalue weighted by Gasteiger charge is -2.09. The van der Waals surface area contributed by atoms with Crippen LogP contribution < -0.4 is 10.0 Å². The number of halogens is 2. The van der Waals surface area contributed by atoms with Crippen molar-refractivity contribution in [3.8, 4) is 0 Å². The summed E-state index contributed by atoms with van der Waals surface area (Å²) in [6.07, 6.45) is 2.90. The van der Waals surface area contributed by atoms with Gasteiger partial charge in [-0.2, -0.15) is 0 Å². The van der Waals surface area contributed by atoms with Crippen molar-refractivity contribution in [2.45, 2.75) is 25.3 Å². The molecule has 0 spiro atoms. The van der Waals surface area contributed by atoms with Gasteiger partial charge in [0.1, 0.15) is 5.82 Å². The van der Waals surface area contributed by atoms with E-state index in [1.165, 1.54) is 25.0 Å². The largest absolute Gasteiger partial charge is 0.314 e. The third-order valence-corrected chi connectivity index (χ3v) is 4.46. The highest BCUT2D eigenvalue weighted by molar-refractivity contribution is 7.92. The van der Waals surface area contributed by atoms with Crippen LogP contribution >= 0.6 is 11.6 Å². The maximum absolute atomic E-state index is 12.9. The molecule has 0 atom stereocenters. The normalized spacial score (nSPS) is 15.5. The zero-order chi connectivity index (χ0) is 13.9. The Bertz CT molecular complexity index is 547.